The summed E-state index contributed by atoms with van der Waals surface area (Å²) in [6.07, 6.45) is 9.31. The SMILES string of the molecule is C[C@]12Cc3cnn(-c4ccc(F)cc4)c3C=C1CC[C@@H]2CC(NC(=O)c1ccc[nH]c1=O)c1ccccc1. The molecule has 2 heterocycles. The second-order valence-electron chi connectivity index (χ2n) is 10.5. The number of halogens is 1. The van der Waals surface area contributed by atoms with E-state index >= 15 is 0 Å². The van der Waals surface area contributed by atoms with Gasteiger partial charge in [0.05, 0.1) is 23.6 Å². The van der Waals surface area contributed by atoms with Crippen molar-refractivity contribution in [3.8, 4) is 5.69 Å². The van der Waals surface area contributed by atoms with Gasteiger partial charge in [-0.3, -0.25) is 9.59 Å². The molecule has 2 aromatic carbocycles. The molecule has 0 saturated heterocycles. The third-order valence-electron chi connectivity index (χ3n) is 8.31. The van der Waals surface area contributed by atoms with Crippen LogP contribution in [0.3, 0.4) is 0 Å². The van der Waals surface area contributed by atoms with Gasteiger partial charge in [0.25, 0.3) is 11.5 Å². The molecule has 4 aromatic rings. The summed E-state index contributed by atoms with van der Waals surface area (Å²) in [6, 6.07) is 19.4. The molecule has 1 saturated carbocycles. The van der Waals surface area contributed by atoms with Crippen LogP contribution in [0.1, 0.15) is 59.4 Å². The highest BCUT2D eigenvalue weighted by Gasteiger charge is 2.46. The van der Waals surface area contributed by atoms with E-state index < -0.39 is 5.56 Å². The maximum Gasteiger partial charge on any atom is 0.260 e. The smallest absolute Gasteiger partial charge is 0.260 e. The van der Waals surface area contributed by atoms with Gasteiger partial charge >= 0.3 is 0 Å². The number of nitrogens with one attached hydrogen (secondary N) is 2. The summed E-state index contributed by atoms with van der Waals surface area (Å²) in [7, 11) is 0. The number of hydrogen-bond acceptors (Lipinski definition) is 3. The quantitative estimate of drug-likeness (QED) is 0.355. The lowest BCUT2D eigenvalue weighted by molar-refractivity contribution is 0.0922. The van der Waals surface area contributed by atoms with Gasteiger partial charge in [-0.15, -0.1) is 0 Å². The van der Waals surface area contributed by atoms with Crippen LogP contribution >= 0.6 is 0 Å². The topological polar surface area (TPSA) is 79.8 Å². The molecule has 38 heavy (non-hydrogen) atoms. The predicted molar refractivity (Wildman–Crippen MR) is 144 cm³/mol. The van der Waals surface area contributed by atoms with E-state index in [1.165, 1.54) is 29.5 Å². The van der Waals surface area contributed by atoms with Crippen molar-refractivity contribution in [2.45, 2.75) is 38.6 Å². The fourth-order valence-electron chi connectivity index (χ4n) is 6.18. The average Bonchev–Trinajstić information content (AvgIpc) is 3.47. The van der Waals surface area contributed by atoms with Crippen LogP contribution in [0.15, 0.2) is 89.5 Å². The number of aromatic nitrogens is 3. The highest BCUT2D eigenvalue weighted by atomic mass is 19.1. The molecule has 2 aromatic heterocycles. The summed E-state index contributed by atoms with van der Waals surface area (Å²) < 4.78 is 15.4. The van der Waals surface area contributed by atoms with Gasteiger partial charge in [0.1, 0.15) is 11.4 Å². The molecular formula is C31H29FN4O2. The Balaban J connectivity index is 1.28. The Morgan fingerprint density at radius 1 is 1.16 bits per heavy atom. The second kappa shape index (κ2) is 9.56. The number of carbonyl (C=O) groups is 1. The molecule has 6 rings (SSSR count). The molecule has 7 heteroatoms. The van der Waals surface area contributed by atoms with Crippen LogP contribution in [-0.2, 0) is 6.42 Å². The first-order valence-corrected chi connectivity index (χ1v) is 13.0. The molecule has 192 valence electrons. The van der Waals surface area contributed by atoms with Crippen LogP contribution in [0.25, 0.3) is 11.8 Å². The van der Waals surface area contributed by atoms with Gasteiger partial charge in [-0.05, 0) is 90.6 Å². The van der Waals surface area contributed by atoms with Crippen LogP contribution in [0, 0.1) is 17.2 Å². The van der Waals surface area contributed by atoms with Gasteiger partial charge in [0, 0.05) is 6.20 Å². The molecular weight excluding hydrogens is 479 g/mol. The third-order valence-corrected chi connectivity index (χ3v) is 8.31. The van der Waals surface area contributed by atoms with Gasteiger partial charge in [-0.1, -0.05) is 42.8 Å². The molecule has 2 aliphatic rings. The van der Waals surface area contributed by atoms with E-state index in [1.807, 2.05) is 41.2 Å². The summed E-state index contributed by atoms with van der Waals surface area (Å²) in [5, 5.41) is 7.78. The number of hydrogen-bond donors (Lipinski definition) is 2. The minimum Gasteiger partial charge on any atom is -0.345 e. The molecule has 0 radical (unpaired) electrons. The predicted octanol–water partition coefficient (Wildman–Crippen LogP) is 5.62. The van der Waals surface area contributed by atoms with Gasteiger partial charge in [-0.25, -0.2) is 9.07 Å². The van der Waals surface area contributed by atoms with Crippen molar-refractivity contribution in [1.82, 2.24) is 20.1 Å². The number of fused-ring (bicyclic) bond motifs is 2. The van der Waals surface area contributed by atoms with Crippen molar-refractivity contribution in [3.05, 3.63) is 123 Å². The lowest BCUT2D eigenvalue weighted by Crippen LogP contribution is -2.36. The highest BCUT2D eigenvalue weighted by Crippen LogP contribution is 2.55. The monoisotopic (exact) mass is 508 g/mol. The van der Waals surface area contributed by atoms with Gasteiger partial charge in [-0.2, -0.15) is 5.10 Å². The fourth-order valence-corrected chi connectivity index (χ4v) is 6.18. The molecule has 1 fully saturated rings. The Kier molecular flexibility index (Phi) is 6.06. The van der Waals surface area contributed by atoms with Crippen LogP contribution in [0.5, 0.6) is 0 Å². The Hall–Kier alpha value is -4.26. The summed E-state index contributed by atoms with van der Waals surface area (Å²) in [6.45, 7) is 2.32. The molecule has 6 nitrogen and oxygen atoms in total. The zero-order valence-electron chi connectivity index (χ0n) is 21.2. The molecule has 1 unspecified atom stereocenters. The van der Waals surface area contributed by atoms with Gasteiger partial charge < -0.3 is 10.3 Å². The summed E-state index contributed by atoms with van der Waals surface area (Å²) in [5.74, 6) is -0.307. The number of aromatic amines is 1. The van der Waals surface area contributed by atoms with E-state index in [9.17, 15) is 14.0 Å². The van der Waals surface area contributed by atoms with Crippen LogP contribution < -0.4 is 10.9 Å². The van der Waals surface area contributed by atoms with Crippen molar-refractivity contribution in [3.63, 3.8) is 0 Å². The van der Waals surface area contributed by atoms with E-state index in [0.29, 0.717) is 5.92 Å². The van der Waals surface area contributed by atoms with Crippen LogP contribution in [0.4, 0.5) is 4.39 Å². The number of rotatable bonds is 6. The van der Waals surface area contributed by atoms with Crippen molar-refractivity contribution in [2.75, 3.05) is 0 Å². The van der Waals surface area contributed by atoms with E-state index in [-0.39, 0.29) is 28.7 Å². The van der Waals surface area contributed by atoms with Crippen molar-refractivity contribution in [2.24, 2.45) is 11.3 Å². The van der Waals surface area contributed by atoms with Crippen LogP contribution in [0.2, 0.25) is 0 Å². The normalized spacial score (nSPS) is 20.8. The fraction of sp³-hybridized carbons (Fsp3) is 0.258. The first kappa shape index (κ1) is 24.1. The maximum absolute atomic E-state index is 13.5. The number of benzene rings is 2. The second-order valence-corrected chi connectivity index (χ2v) is 10.5. The first-order valence-electron chi connectivity index (χ1n) is 13.0. The standard InChI is InChI=1S/C31H29FN4O2/c1-31-18-21-19-34-36(25-13-11-24(32)12-14-25)28(21)17-23(31)10-9-22(31)16-27(20-6-3-2-4-7-20)35-30(38)26-8-5-15-33-29(26)37/h2-8,11-15,17,19,22,27H,9-10,16,18H2,1H3,(H,33,37)(H,35,38)/t22-,27?,31-/m1/s1. The third kappa shape index (κ3) is 4.28. The summed E-state index contributed by atoms with van der Waals surface area (Å²) in [5.41, 5.74) is 5.13. The largest absolute Gasteiger partial charge is 0.345 e. The lowest BCUT2D eigenvalue weighted by atomic mass is 9.68. The Morgan fingerprint density at radius 3 is 2.71 bits per heavy atom. The van der Waals surface area contributed by atoms with Crippen molar-refractivity contribution < 1.29 is 9.18 Å². The van der Waals surface area contributed by atoms with E-state index in [0.717, 1.165) is 42.6 Å². The zero-order chi connectivity index (χ0) is 26.3. The van der Waals surface area contributed by atoms with Crippen molar-refractivity contribution >= 4 is 12.0 Å². The number of amides is 1. The van der Waals surface area contributed by atoms with E-state index in [2.05, 4.69) is 28.4 Å². The molecule has 3 atom stereocenters. The molecule has 0 spiro atoms. The lowest BCUT2D eigenvalue weighted by Gasteiger charge is -2.37. The minimum atomic E-state index is -0.396. The average molecular weight is 509 g/mol. The van der Waals surface area contributed by atoms with Crippen LogP contribution in [-0.4, -0.2) is 20.7 Å². The number of H-pyrrole nitrogens is 1. The Morgan fingerprint density at radius 2 is 1.95 bits per heavy atom. The number of carbonyl (C=O) groups excluding carboxylic acids is 1. The molecule has 0 aliphatic heterocycles. The number of allylic oxidation sites excluding steroid dienone is 1. The maximum atomic E-state index is 13.5. The molecule has 2 aliphatic carbocycles. The van der Waals surface area contributed by atoms with E-state index in [1.54, 1.807) is 24.3 Å². The first-order chi connectivity index (χ1) is 18.4. The minimum absolute atomic E-state index is 0.0639. The summed E-state index contributed by atoms with van der Waals surface area (Å²) in [4.78, 5) is 28.0. The number of nitrogens with zero attached hydrogens (tertiary/aromatic N) is 2. The Bertz CT molecular complexity index is 1570. The van der Waals surface area contributed by atoms with Gasteiger partial charge in [0.2, 0.25) is 0 Å². The molecule has 1 amide bonds. The molecule has 0 bridgehead atoms. The zero-order valence-corrected chi connectivity index (χ0v) is 21.2. The molecule has 2 N–H and O–H groups in total. The summed E-state index contributed by atoms with van der Waals surface area (Å²) >= 11 is 0. The highest BCUT2D eigenvalue weighted by molar-refractivity contribution is 5.94. The van der Waals surface area contributed by atoms with E-state index in [4.69, 9.17) is 0 Å². The number of pyridine rings is 1. The Labute approximate surface area is 220 Å². The van der Waals surface area contributed by atoms with Gasteiger partial charge in [0.15, 0.2) is 0 Å². The van der Waals surface area contributed by atoms with Crippen molar-refractivity contribution in [1.29, 1.82) is 0 Å².